The molecule has 1 amide bonds. The minimum Gasteiger partial charge on any atom is -0.469 e. The van der Waals surface area contributed by atoms with Crippen molar-refractivity contribution in [2.24, 2.45) is 0 Å². The molecule has 0 saturated heterocycles. The van der Waals surface area contributed by atoms with Crippen molar-refractivity contribution in [3.63, 3.8) is 0 Å². The molecule has 0 radical (unpaired) electrons. The third-order valence-corrected chi connectivity index (χ3v) is 5.61. The Labute approximate surface area is 180 Å². The standard InChI is InChI=1S/C21H17BrN4O2S/c1-14-18(10-11-28-14)20-24-25-21(26(20)17-8-3-2-4-9-17)29-13-19(27)23-16-7-5-6-15(22)12-16/h2-12H,13H2,1H3,(H,23,27). The Balaban J connectivity index is 1.58. The highest BCUT2D eigenvalue weighted by Gasteiger charge is 2.19. The zero-order valence-corrected chi connectivity index (χ0v) is 17.9. The molecule has 0 saturated carbocycles. The highest BCUT2D eigenvalue weighted by molar-refractivity contribution is 9.10. The van der Waals surface area contributed by atoms with Gasteiger partial charge in [-0.05, 0) is 43.3 Å². The van der Waals surface area contributed by atoms with Gasteiger partial charge in [0.15, 0.2) is 11.0 Å². The number of carbonyl (C=O) groups excluding carboxylic acids is 1. The highest BCUT2D eigenvalue weighted by atomic mass is 79.9. The van der Waals surface area contributed by atoms with Crippen molar-refractivity contribution in [2.75, 3.05) is 11.1 Å². The van der Waals surface area contributed by atoms with E-state index in [2.05, 4.69) is 31.4 Å². The van der Waals surface area contributed by atoms with E-state index >= 15 is 0 Å². The average molecular weight is 469 g/mol. The first-order chi connectivity index (χ1) is 14.1. The van der Waals surface area contributed by atoms with Crippen molar-refractivity contribution in [1.82, 2.24) is 14.8 Å². The second-order valence-electron chi connectivity index (χ2n) is 6.21. The van der Waals surface area contributed by atoms with E-state index in [-0.39, 0.29) is 11.7 Å². The number of carbonyl (C=O) groups is 1. The number of halogens is 1. The summed E-state index contributed by atoms with van der Waals surface area (Å²) in [4.78, 5) is 12.4. The van der Waals surface area contributed by atoms with Gasteiger partial charge in [-0.1, -0.05) is 52.0 Å². The van der Waals surface area contributed by atoms with Crippen molar-refractivity contribution in [1.29, 1.82) is 0 Å². The van der Waals surface area contributed by atoms with Gasteiger partial charge in [0.2, 0.25) is 5.91 Å². The number of aryl methyl sites for hydroxylation is 1. The molecule has 0 aliphatic heterocycles. The number of nitrogens with one attached hydrogen (secondary N) is 1. The lowest BCUT2D eigenvalue weighted by Gasteiger charge is -2.10. The lowest BCUT2D eigenvalue weighted by atomic mass is 10.2. The van der Waals surface area contributed by atoms with Crippen LogP contribution in [0.4, 0.5) is 5.69 Å². The molecular weight excluding hydrogens is 452 g/mol. The summed E-state index contributed by atoms with van der Waals surface area (Å²) in [6, 6.07) is 19.2. The molecule has 0 spiro atoms. The topological polar surface area (TPSA) is 72.9 Å². The van der Waals surface area contributed by atoms with Crippen LogP contribution in [0.5, 0.6) is 0 Å². The Morgan fingerprint density at radius 2 is 1.97 bits per heavy atom. The number of amides is 1. The maximum Gasteiger partial charge on any atom is 0.234 e. The number of aromatic nitrogens is 3. The lowest BCUT2D eigenvalue weighted by Crippen LogP contribution is -2.14. The zero-order chi connectivity index (χ0) is 20.2. The molecule has 29 heavy (non-hydrogen) atoms. The molecule has 4 rings (SSSR count). The minimum absolute atomic E-state index is 0.114. The molecule has 0 bridgehead atoms. The summed E-state index contributed by atoms with van der Waals surface area (Å²) in [6.45, 7) is 1.89. The normalized spacial score (nSPS) is 10.8. The number of para-hydroxylation sites is 1. The van der Waals surface area contributed by atoms with Gasteiger partial charge in [0.1, 0.15) is 5.76 Å². The Bertz CT molecular complexity index is 1140. The van der Waals surface area contributed by atoms with Crippen LogP contribution in [0.2, 0.25) is 0 Å². The van der Waals surface area contributed by atoms with Crippen LogP contribution in [0.1, 0.15) is 5.76 Å². The van der Waals surface area contributed by atoms with Crippen LogP contribution < -0.4 is 5.32 Å². The predicted octanol–water partition coefficient (Wildman–Crippen LogP) is 5.33. The number of rotatable bonds is 6. The van der Waals surface area contributed by atoms with Crippen LogP contribution in [-0.2, 0) is 4.79 Å². The third kappa shape index (κ3) is 4.44. The van der Waals surface area contributed by atoms with Gasteiger partial charge in [-0.3, -0.25) is 9.36 Å². The van der Waals surface area contributed by atoms with Gasteiger partial charge in [-0.15, -0.1) is 10.2 Å². The number of nitrogens with zero attached hydrogens (tertiary/aromatic N) is 3. The molecule has 0 aliphatic rings. The van der Waals surface area contributed by atoms with E-state index in [1.54, 1.807) is 6.26 Å². The van der Waals surface area contributed by atoms with Crippen molar-refractivity contribution >= 4 is 39.3 Å². The molecule has 4 aromatic rings. The van der Waals surface area contributed by atoms with Crippen LogP contribution in [0, 0.1) is 6.92 Å². The molecule has 2 aromatic heterocycles. The Morgan fingerprint density at radius 1 is 1.14 bits per heavy atom. The fraction of sp³-hybridized carbons (Fsp3) is 0.0952. The van der Waals surface area contributed by atoms with Crippen LogP contribution in [-0.4, -0.2) is 26.4 Å². The smallest absolute Gasteiger partial charge is 0.234 e. The van der Waals surface area contributed by atoms with E-state index in [4.69, 9.17) is 4.42 Å². The molecule has 146 valence electrons. The molecular formula is C21H17BrN4O2S. The summed E-state index contributed by atoms with van der Waals surface area (Å²) >= 11 is 4.74. The van der Waals surface area contributed by atoms with E-state index < -0.39 is 0 Å². The second kappa shape index (κ2) is 8.67. The number of benzene rings is 2. The molecule has 2 aromatic carbocycles. The van der Waals surface area contributed by atoms with Gasteiger partial charge < -0.3 is 9.73 Å². The monoisotopic (exact) mass is 468 g/mol. The molecule has 0 unspecified atom stereocenters. The van der Waals surface area contributed by atoms with Crippen molar-refractivity contribution in [3.05, 3.63) is 77.2 Å². The number of furan rings is 1. The summed E-state index contributed by atoms with van der Waals surface area (Å²) in [7, 11) is 0. The average Bonchev–Trinajstić information content (AvgIpc) is 3.32. The van der Waals surface area contributed by atoms with Crippen molar-refractivity contribution in [2.45, 2.75) is 12.1 Å². The first-order valence-electron chi connectivity index (χ1n) is 8.85. The Morgan fingerprint density at radius 3 is 2.69 bits per heavy atom. The maximum atomic E-state index is 12.4. The molecule has 2 heterocycles. The summed E-state index contributed by atoms with van der Waals surface area (Å²) in [5.41, 5.74) is 2.53. The Kier molecular flexibility index (Phi) is 5.82. The van der Waals surface area contributed by atoms with E-state index in [1.165, 1.54) is 11.8 Å². The van der Waals surface area contributed by atoms with Crippen molar-refractivity contribution in [3.8, 4) is 17.1 Å². The minimum atomic E-state index is -0.114. The van der Waals surface area contributed by atoms with Gasteiger partial charge in [0.05, 0.1) is 17.6 Å². The summed E-state index contributed by atoms with van der Waals surface area (Å²) in [5.74, 6) is 1.54. The number of thioether (sulfide) groups is 1. The number of hydrogen-bond acceptors (Lipinski definition) is 5. The molecule has 8 heteroatoms. The largest absolute Gasteiger partial charge is 0.469 e. The molecule has 0 fully saturated rings. The van der Waals surface area contributed by atoms with Gasteiger partial charge in [-0.25, -0.2) is 0 Å². The summed E-state index contributed by atoms with van der Waals surface area (Å²) in [5, 5.41) is 12.2. The van der Waals surface area contributed by atoms with Gasteiger partial charge in [-0.2, -0.15) is 0 Å². The van der Waals surface area contributed by atoms with Crippen LogP contribution in [0.15, 0.2) is 81.0 Å². The molecule has 1 N–H and O–H groups in total. The Hall–Kier alpha value is -2.84. The van der Waals surface area contributed by atoms with Crippen molar-refractivity contribution < 1.29 is 9.21 Å². The molecule has 0 aliphatic carbocycles. The SMILES string of the molecule is Cc1occc1-c1nnc(SCC(=O)Nc2cccc(Br)c2)n1-c1ccccc1. The quantitative estimate of drug-likeness (QED) is 0.387. The third-order valence-electron chi connectivity index (χ3n) is 4.19. The zero-order valence-electron chi connectivity index (χ0n) is 15.5. The second-order valence-corrected chi connectivity index (χ2v) is 8.07. The van der Waals surface area contributed by atoms with E-state index in [1.807, 2.05) is 72.2 Å². The highest BCUT2D eigenvalue weighted by Crippen LogP contribution is 2.30. The van der Waals surface area contributed by atoms with Gasteiger partial charge >= 0.3 is 0 Å². The fourth-order valence-electron chi connectivity index (χ4n) is 2.86. The maximum absolute atomic E-state index is 12.4. The fourth-order valence-corrected chi connectivity index (χ4v) is 4.01. The van der Waals surface area contributed by atoms with Crippen LogP contribution in [0.25, 0.3) is 17.1 Å². The van der Waals surface area contributed by atoms with E-state index in [9.17, 15) is 4.79 Å². The predicted molar refractivity (Wildman–Crippen MR) is 117 cm³/mol. The van der Waals surface area contributed by atoms with Crippen LogP contribution >= 0.6 is 27.7 Å². The summed E-state index contributed by atoms with van der Waals surface area (Å²) < 4.78 is 8.29. The first kappa shape index (κ1) is 19.5. The van der Waals surface area contributed by atoms with Gasteiger partial charge in [0.25, 0.3) is 0 Å². The van der Waals surface area contributed by atoms with Crippen LogP contribution in [0.3, 0.4) is 0 Å². The van der Waals surface area contributed by atoms with E-state index in [0.29, 0.717) is 11.0 Å². The van der Waals surface area contributed by atoms with E-state index in [0.717, 1.165) is 27.2 Å². The number of hydrogen-bond donors (Lipinski definition) is 1. The number of anilines is 1. The first-order valence-corrected chi connectivity index (χ1v) is 10.6. The molecule has 6 nitrogen and oxygen atoms in total. The molecule has 0 atom stereocenters. The summed E-state index contributed by atoms with van der Waals surface area (Å²) in [6.07, 6.45) is 1.63. The van der Waals surface area contributed by atoms with Gasteiger partial charge in [0, 0.05) is 15.8 Å². The lowest BCUT2D eigenvalue weighted by molar-refractivity contribution is -0.113.